The zero-order chi connectivity index (χ0) is 13.8. The van der Waals surface area contributed by atoms with Crippen molar-refractivity contribution in [1.82, 2.24) is 10.6 Å². The Kier molecular flexibility index (Phi) is 4.47. The second-order valence-electron chi connectivity index (χ2n) is 4.86. The molecule has 0 radical (unpaired) electrons. The molecular formula is C12H18N2O4. The summed E-state index contributed by atoms with van der Waals surface area (Å²) in [6, 6.07) is -0.595. The van der Waals surface area contributed by atoms with Gasteiger partial charge in [0.2, 0.25) is 0 Å². The Morgan fingerprint density at radius 1 is 1.28 bits per heavy atom. The van der Waals surface area contributed by atoms with Crippen LogP contribution in [0, 0.1) is 11.3 Å². The van der Waals surface area contributed by atoms with Crippen LogP contribution in [-0.2, 0) is 9.59 Å². The Balaban J connectivity index is 2.30. The summed E-state index contributed by atoms with van der Waals surface area (Å²) in [5.74, 6) is -1.49. The Labute approximate surface area is 105 Å². The molecule has 0 aromatic rings. The van der Waals surface area contributed by atoms with E-state index >= 15 is 0 Å². The molecule has 0 heterocycles. The molecule has 6 heteroatoms. The quantitative estimate of drug-likeness (QED) is 0.635. The topological polar surface area (TPSA) is 95.5 Å². The number of aliphatic carboxylic acids is 1. The highest BCUT2D eigenvalue weighted by Gasteiger charge is 2.45. The highest BCUT2D eigenvalue weighted by Crippen LogP contribution is 2.51. The SMILES string of the molecule is CC(C)C1(CNC(=O)NC(=O)/C=C/C(=O)O)CC1. The predicted molar refractivity (Wildman–Crippen MR) is 64.8 cm³/mol. The van der Waals surface area contributed by atoms with E-state index in [4.69, 9.17) is 5.11 Å². The van der Waals surface area contributed by atoms with Gasteiger partial charge in [0.15, 0.2) is 0 Å². The molecular weight excluding hydrogens is 236 g/mol. The van der Waals surface area contributed by atoms with Crippen LogP contribution in [0.4, 0.5) is 4.79 Å². The van der Waals surface area contributed by atoms with Gasteiger partial charge < -0.3 is 10.4 Å². The highest BCUT2D eigenvalue weighted by molar-refractivity contribution is 6.02. The number of hydrogen-bond donors (Lipinski definition) is 3. The molecule has 1 saturated carbocycles. The van der Waals surface area contributed by atoms with Crippen LogP contribution in [-0.4, -0.2) is 29.6 Å². The third-order valence-electron chi connectivity index (χ3n) is 3.33. The molecule has 0 saturated heterocycles. The maximum atomic E-state index is 11.4. The van der Waals surface area contributed by atoms with Gasteiger partial charge in [-0.3, -0.25) is 10.1 Å². The lowest BCUT2D eigenvalue weighted by Crippen LogP contribution is -2.42. The molecule has 0 bridgehead atoms. The van der Waals surface area contributed by atoms with Crippen molar-refractivity contribution in [2.45, 2.75) is 26.7 Å². The molecule has 1 rings (SSSR count). The lowest BCUT2D eigenvalue weighted by molar-refractivity contribution is -0.131. The molecule has 1 fully saturated rings. The first kappa shape index (κ1) is 14.2. The Bertz CT molecular complexity index is 384. The Hall–Kier alpha value is -1.85. The first-order valence-electron chi connectivity index (χ1n) is 5.85. The summed E-state index contributed by atoms with van der Waals surface area (Å²) in [6.45, 7) is 4.74. The lowest BCUT2D eigenvalue weighted by Gasteiger charge is -2.19. The van der Waals surface area contributed by atoms with Gasteiger partial charge in [-0.05, 0) is 24.2 Å². The zero-order valence-corrected chi connectivity index (χ0v) is 10.5. The number of hydrogen-bond acceptors (Lipinski definition) is 3. The van der Waals surface area contributed by atoms with Gasteiger partial charge >= 0.3 is 12.0 Å². The van der Waals surface area contributed by atoms with Gasteiger partial charge in [0.1, 0.15) is 0 Å². The lowest BCUT2D eigenvalue weighted by atomic mass is 9.92. The minimum absolute atomic E-state index is 0.164. The summed E-state index contributed by atoms with van der Waals surface area (Å²) in [5.41, 5.74) is 0.164. The minimum atomic E-state index is -1.23. The molecule has 18 heavy (non-hydrogen) atoms. The van der Waals surface area contributed by atoms with Crippen molar-refractivity contribution in [2.75, 3.05) is 6.54 Å². The number of nitrogens with one attached hydrogen (secondary N) is 2. The fourth-order valence-corrected chi connectivity index (χ4v) is 1.72. The van der Waals surface area contributed by atoms with Crippen LogP contribution in [0.3, 0.4) is 0 Å². The van der Waals surface area contributed by atoms with E-state index in [0.717, 1.165) is 18.9 Å². The van der Waals surface area contributed by atoms with Gasteiger partial charge in [-0.25, -0.2) is 9.59 Å². The molecule has 0 unspecified atom stereocenters. The predicted octanol–water partition coefficient (Wildman–Crippen LogP) is 0.889. The van der Waals surface area contributed by atoms with Crippen molar-refractivity contribution in [3.05, 3.63) is 12.2 Å². The van der Waals surface area contributed by atoms with Crippen molar-refractivity contribution >= 4 is 17.9 Å². The third kappa shape index (κ3) is 4.20. The summed E-state index contributed by atoms with van der Waals surface area (Å²) in [6.07, 6.45) is 3.64. The van der Waals surface area contributed by atoms with E-state index in [0.29, 0.717) is 18.5 Å². The molecule has 3 N–H and O–H groups in total. The second kappa shape index (κ2) is 5.66. The van der Waals surface area contributed by atoms with Gasteiger partial charge in [-0.2, -0.15) is 0 Å². The van der Waals surface area contributed by atoms with Crippen LogP contribution in [0.25, 0.3) is 0 Å². The van der Waals surface area contributed by atoms with Gasteiger partial charge in [-0.1, -0.05) is 13.8 Å². The monoisotopic (exact) mass is 254 g/mol. The Morgan fingerprint density at radius 2 is 1.89 bits per heavy atom. The first-order chi connectivity index (χ1) is 8.35. The summed E-state index contributed by atoms with van der Waals surface area (Å²) in [7, 11) is 0. The standard InChI is InChI=1S/C12H18N2O4/c1-8(2)12(5-6-12)7-13-11(18)14-9(15)3-4-10(16)17/h3-4,8H,5-7H2,1-2H3,(H,16,17)(H2,13,14,15,18)/b4-3+. The van der Waals surface area contributed by atoms with E-state index in [1.165, 1.54) is 0 Å². The maximum Gasteiger partial charge on any atom is 0.328 e. The van der Waals surface area contributed by atoms with E-state index in [-0.39, 0.29) is 5.41 Å². The van der Waals surface area contributed by atoms with Crippen LogP contribution in [0.1, 0.15) is 26.7 Å². The number of amides is 3. The summed E-state index contributed by atoms with van der Waals surface area (Å²) in [4.78, 5) is 32.6. The van der Waals surface area contributed by atoms with Crippen LogP contribution in [0.15, 0.2) is 12.2 Å². The van der Waals surface area contributed by atoms with Crippen LogP contribution in [0.2, 0.25) is 0 Å². The zero-order valence-electron chi connectivity index (χ0n) is 10.5. The Morgan fingerprint density at radius 3 is 2.33 bits per heavy atom. The molecule has 1 aliphatic rings. The fraction of sp³-hybridized carbons (Fsp3) is 0.583. The van der Waals surface area contributed by atoms with Crippen molar-refractivity contribution in [3.63, 3.8) is 0 Å². The highest BCUT2D eigenvalue weighted by atomic mass is 16.4. The molecule has 6 nitrogen and oxygen atoms in total. The molecule has 0 atom stereocenters. The smallest absolute Gasteiger partial charge is 0.328 e. The molecule has 0 aromatic heterocycles. The van der Waals surface area contributed by atoms with Gasteiger partial charge in [0.25, 0.3) is 5.91 Å². The fourth-order valence-electron chi connectivity index (χ4n) is 1.72. The third-order valence-corrected chi connectivity index (χ3v) is 3.33. The van der Waals surface area contributed by atoms with Crippen molar-refractivity contribution in [3.8, 4) is 0 Å². The number of rotatable bonds is 5. The molecule has 100 valence electrons. The number of urea groups is 1. The molecule has 0 aliphatic heterocycles. The average molecular weight is 254 g/mol. The maximum absolute atomic E-state index is 11.4. The van der Waals surface area contributed by atoms with E-state index in [9.17, 15) is 14.4 Å². The number of imide groups is 1. The van der Waals surface area contributed by atoms with Gasteiger partial charge in [0, 0.05) is 18.7 Å². The normalized spacial score (nSPS) is 16.6. The van der Waals surface area contributed by atoms with Crippen LogP contribution < -0.4 is 10.6 Å². The van der Waals surface area contributed by atoms with Crippen molar-refractivity contribution in [2.24, 2.45) is 11.3 Å². The molecule has 0 aromatic carbocycles. The minimum Gasteiger partial charge on any atom is -0.478 e. The molecule has 1 aliphatic carbocycles. The largest absolute Gasteiger partial charge is 0.478 e. The number of carbonyl (C=O) groups excluding carboxylic acids is 2. The van der Waals surface area contributed by atoms with Crippen molar-refractivity contribution in [1.29, 1.82) is 0 Å². The number of carboxylic acids is 1. The van der Waals surface area contributed by atoms with Crippen molar-refractivity contribution < 1.29 is 19.5 Å². The van der Waals surface area contributed by atoms with Crippen LogP contribution in [0.5, 0.6) is 0 Å². The molecule has 0 spiro atoms. The second-order valence-corrected chi connectivity index (χ2v) is 4.86. The van der Waals surface area contributed by atoms with E-state index in [2.05, 4.69) is 19.2 Å². The van der Waals surface area contributed by atoms with E-state index in [1.54, 1.807) is 0 Å². The number of carbonyl (C=O) groups is 3. The molecule has 3 amide bonds. The van der Waals surface area contributed by atoms with E-state index in [1.807, 2.05) is 5.32 Å². The first-order valence-corrected chi connectivity index (χ1v) is 5.85. The summed E-state index contributed by atoms with van der Waals surface area (Å²) >= 11 is 0. The number of carboxylic acid groups (broad SMARTS) is 1. The van der Waals surface area contributed by atoms with E-state index < -0.39 is 17.9 Å². The summed E-state index contributed by atoms with van der Waals surface area (Å²) in [5, 5.41) is 13.0. The average Bonchev–Trinajstić information content (AvgIpc) is 3.04. The summed E-state index contributed by atoms with van der Waals surface area (Å²) < 4.78 is 0. The van der Waals surface area contributed by atoms with Gasteiger partial charge in [-0.15, -0.1) is 0 Å². The van der Waals surface area contributed by atoms with Gasteiger partial charge in [0.05, 0.1) is 0 Å². The van der Waals surface area contributed by atoms with Crippen LogP contribution >= 0.6 is 0 Å².